The molecule has 28 heavy (non-hydrogen) atoms. The molecule has 0 aromatic heterocycles. The maximum atomic E-state index is 12.6. The molecule has 3 aliphatic heterocycles. The third-order valence-electron chi connectivity index (χ3n) is 5.94. The number of hydrogen-bond acceptors (Lipinski definition) is 4. The number of nitrogens with zero attached hydrogens (tertiary/aromatic N) is 2. The quantitative estimate of drug-likeness (QED) is 0.843. The number of carbonyl (C=O) groups excluding carboxylic acids is 3. The molecule has 0 unspecified atom stereocenters. The summed E-state index contributed by atoms with van der Waals surface area (Å²) in [5.41, 5.74) is 0.628. The highest BCUT2D eigenvalue weighted by Crippen LogP contribution is 2.34. The first-order valence-electron chi connectivity index (χ1n) is 10.1. The summed E-state index contributed by atoms with van der Waals surface area (Å²) in [7, 11) is 0. The minimum atomic E-state index is -0.891. The van der Waals surface area contributed by atoms with Crippen LogP contribution in [0.5, 0.6) is 5.75 Å². The normalized spacial score (nSPS) is 25.0. The Morgan fingerprint density at radius 2 is 1.93 bits per heavy atom. The second kappa shape index (κ2) is 7.45. The van der Waals surface area contributed by atoms with Crippen molar-refractivity contribution >= 4 is 17.7 Å². The first-order valence-corrected chi connectivity index (χ1v) is 10.1. The van der Waals surface area contributed by atoms with Gasteiger partial charge in [0.25, 0.3) is 5.91 Å². The van der Waals surface area contributed by atoms with Crippen molar-refractivity contribution in [2.75, 3.05) is 26.2 Å². The number of piperidine rings is 1. The number of fused-ring (bicyclic) bond motifs is 1. The summed E-state index contributed by atoms with van der Waals surface area (Å²) in [5.74, 6) is 0.336. The topological polar surface area (TPSA) is 79.0 Å². The summed E-state index contributed by atoms with van der Waals surface area (Å²) in [4.78, 5) is 41.3. The van der Waals surface area contributed by atoms with Gasteiger partial charge in [-0.05, 0) is 38.3 Å². The zero-order valence-corrected chi connectivity index (χ0v) is 16.3. The molecule has 150 valence electrons. The van der Waals surface area contributed by atoms with Gasteiger partial charge in [-0.3, -0.25) is 14.4 Å². The fourth-order valence-electron chi connectivity index (χ4n) is 4.25. The Morgan fingerprint density at radius 3 is 2.71 bits per heavy atom. The Morgan fingerprint density at radius 1 is 1.14 bits per heavy atom. The van der Waals surface area contributed by atoms with E-state index in [9.17, 15) is 14.4 Å². The fourth-order valence-corrected chi connectivity index (χ4v) is 4.25. The number of carbonyl (C=O) groups is 3. The molecule has 0 radical (unpaired) electrons. The maximum Gasteiger partial charge on any atom is 0.258 e. The molecule has 1 spiro atoms. The molecule has 3 heterocycles. The van der Waals surface area contributed by atoms with Crippen LogP contribution >= 0.6 is 0 Å². The van der Waals surface area contributed by atoms with Crippen LogP contribution in [0.15, 0.2) is 18.2 Å². The molecule has 2 saturated heterocycles. The monoisotopic (exact) mass is 385 g/mol. The number of likely N-dealkylation sites (tertiary alicyclic amines) is 2. The molecule has 3 aliphatic rings. The minimum Gasteiger partial charge on any atom is -0.467 e. The van der Waals surface area contributed by atoms with E-state index >= 15 is 0 Å². The van der Waals surface area contributed by atoms with Crippen LogP contribution in [-0.2, 0) is 9.59 Å². The van der Waals surface area contributed by atoms with Crippen LogP contribution in [0.25, 0.3) is 0 Å². The van der Waals surface area contributed by atoms with E-state index in [-0.39, 0.29) is 30.7 Å². The van der Waals surface area contributed by atoms with Gasteiger partial charge in [-0.25, -0.2) is 0 Å². The Bertz CT molecular complexity index is 803. The lowest BCUT2D eigenvalue weighted by Crippen LogP contribution is -2.56. The smallest absolute Gasteiger partial charge is 0.258 e. The highest BCUT2D eigenvalue weighted by atomic mass is 16.5. The van der Waals surface area contributed by atoms with E-state index in [1.54, 1.807) is 4.90 Å². The molecular formula is C21H27N3O4. The van der Waals surface area contributed by atoms with Crippen molar-refractivity contribution in [2.45, 2.75) is 51.2 Å². The second-order valence-electron chi connectivity index (χ2n) is 8.06. The third kappa shape index (κ3) is 3.70. The van der Waals surface area contributed by atoms with Crippen molar-refractivity contribution in [3.8, 4) is 5.75 Å². The number of amides is 3. The lowest BCUT2D eigenvalue weighted by Gasteiger charge is -2.38. The van der Waals surface area contributed by atoms with E-state index in [0.29, 0.717) is 30.7 Å². The number of rotatable bonds is 2. The summed E-state index contributed by atoms with van der Waals surface area (Å²) in [6.07, 6.45) is 4.33. The van der Waals surface area contributed by atoms with Gasteiger partial charge in [-0.1, -0.05) is 11.6 Å². The molecule has 2 fully saturated rings. The Balaban J connectivity index is 1.45. The molecule has 0 aliphatic carbocycles. The van der Waals surface area contributed by atoms with Gasteiger partial charge < -0.3 is 19.9 Å². The standard InChI is InChI=1S/C21H27N3O4/c1-15-5-6-17-16(13-15)20(27)22-21(28-17)8-7-18(25)24(12-9-21)14-19(26)23-10-3-2-4-11-23/h5-6,13H,2-4,7-12,14H2,1H3,(H,22,27)/t21-/m1/s1. The van der Waals surface area contributed by atoms with Crippen LogP contribution < -0.4 is 10.1 Å². The zero-order valence-electron chi connectivity index (χ0n) is 16.3. The van der Waals surface area contributed by atoms with E-state index in [2.05, 4.69) is 5.32 Å². The second-order valence-corrected chi connectivity index (χ2v) is 8.06. The summed E-state index contributed by atoms with van der Waals surface area (Å²) < 4.78 is 6.18. The number of benzene rings is 1. The van der Waals surface area contributed by atoms with Crippen molar-refractivity contribution in [2.24, 2.45) is 0 Å². The number of aryl methyl sites for hydroxylation is 1. The lowest BCUT2D eigenvalue weighted by molar-refractivity contribution is -0.140. The van der Waals surface area contributed by atoms with Crippen molar-refractivity contribution in [3.05, 3.63) is 29.3 Å². The highest BCUT2D eigenvalue weighted by Gasteiger charge is 2.43. The maximum absolute atomic E-state index is 12.6. The van der Waals surface area contributed by atoms with Gasteiger partial charge in [0.05, 0.1) is 12.1 Å². The van der Waals surface area contributed by atoms with E-state index < -0.39 is 5.72 Å². The summed E-state index contributed by atoms with van der Waals surface area (Å²) in [6, 6.07) is 5.54. The molecule has 0 bridgehead atoms. The molecular weight excluding hydrogens is 358 g/mol. The number of hydrogen-bond donors (Lipinski definition) is 1. The van der Waals surface area contributed by atoms with Crippen molar-refractivity contribution in [1.82, 2.24) is 15.1 Å². The molecule has 1 atom stereocenters. The van der Waals surface area contributed by atoms with Crippen LogP contribution in [0.1, 0.15) is 54.4 Å². The van der Waals surface area contributed by atoms with E-state index in [4.69, 9.17) is 4.74 Å². The van der Waals surface area contributed by atoms with Crippen molar-refractivity contribution in [1.29, 1.82) is 0 Å². The Kier molecular flexibility index (Phi) is 5.00. The van der Waals surface area contributed by atoms with Crippen LogP contribution in [0.2, 0.25) is 0 Å². The minimum absolute atomic E-state index is 0.0124. The van der Waals surface area contributed by atoms with Crippen LogP contribution in [0, 0.1) is 6.92 Å². The van der Waals surface area contributed by atoms with Gasteiger partial charge in [-0.2, -0.15) is 0 Å². The Labute approximate surface area is 165 Å². The molecule has 1 aromatic rings. The van der Waals surface area contributed by atoms with Gasteiger partial charge >= 0.3 is 0 Å². The van der Waals surface area contributed by atoms with E-state index in [1.807, 2.05) is 30.0 Å². The fraction of sp³-hybridized carbons (Fsp3) is 0.571. The summed E-state index contributed by atoms with van der Waals surface area (Å²) in [6.45, 7) is 3.98. The first kappa shape index (κ1) is 18.8. The van der Waals surface area contributed by atoms with Crippen LogP contribution in [0.3, 0.4) is 0 Å². The van der Waals surface area contributed by atoms with Crippen LogP contribution in [-0.4, -0.2) is 59.4 Å². The Hall–Kier alpha value is -2.57. The SMILES string of the molecule is Cc1ccc2c(c1)C(=O)N[C@]1(CCC(=O)N(CC(=O)N3CCCCC3)CC1)O2. The largest absolute Gasteiger partial charge is 0.467 e. The van der Waals surface area contributed by atoms with E-state index in [1.165, 1.54) is 0 Å². The average Bonchev–Trinajstić information content (AvgIpc) is 2.84. The zero-order chi connectivity index (χ0) is 19.7. The van der Waals surface area contributed by atoms with Gasteiger partial charge in [0.15, 0.2) is 5.72 Å². The molecule has 3 amide bonds. The molecule has 1 N–H and O–H groups in total. The van der Waals surface area contributed by atoms with Crippen LogP contribution in [0.4, 0.5) is 0 Å². The molecule has 7 nitrogen and oxygen atoms in total. The molecule has 4 rings (SSSR count). The predicted molar refractivity (Wildman–Crippen MR) is 103 cm³/mol. The molecule has 0 saturated carbocycles. The number of nitrogens with one attached hydrogen (secondary N) is 1. The number of ether oxygens (including phenoxy) is 1. The third-order valence-corrected chi connectivity index (χ3v) is 5.94. The molecule has 1 aromatic carbocycles. The lowest BCUT2D eigenvalue weighted by atomic mass is 9.99. The molecule has 7 heteroatoms. The van der Waals surface area contributed by atoms with Gasteiger partial charge in [0.1, 0.15) is 5.75 Å². The van der Waals surface area contributed by atoms with E-state index in [0.717, 1.165) is 37.9 Å². The average molecular weight is 385 g/mol. The van der Waals surface area contributed by atoms with Crippen molar-refractivity contribution in [3.63, 3.8) is 0 Å². The first-order chi connectivity index (χ1) is 13.5. The summed E-state index contributed by atoms with van der Waals surface area (Å²) >= 11 is 0. The predicted octanol–water partition coefficient (Wildman–Crippen LogP) is 1.84. The summed E-state index contributed by atoms with van der Waals surface area (Å²) in [5, 5.41) is 2.98. The van der Waals surface area contributed by atoms with Gasteiger partial charge in [0, 0.05) is 38.9 Å². The van der Waals surface area contributed by atoms with Gasteiger partial charge in [0.2, 0.25) is 11.8 Å². The highest BCUT2D eigenvalue weighted by molar-refractivity contribution is 5.98. The van der Waals surface area contributed by atoms with Gasteiger partial charge in [-0.15, -0.1) is 0 Å². The van der Waals surface area contributed by atoms with Crippen molar-refractivity contribution < 1.29 is 19.1 Å².